The van der Waals surface area contributed by atoms with Crippen LogP contribution in [0.15, 0.2) is 23.1 Å². The van der Waals surface area contributed by atoms with Crippen LogP contribution in [0.2, 0.25) is 0 Å². The molecule has 0 saturated carbocycles. The molecule has 0 bridgehead atoms. The van der Waals surface area contributed by atoms with E-state index in [0.29, 0.717) is 0 Å². The molecule has 82 valence electrons. The van der Waals surface area contributed by atoms with E-state index in [1.54, 1.807) is 0 Å². The smallest absolute Gasteiger partial charge is 0.423 e. The zero-order valence-corrected chi connectivity index (χ0v) is 8.56. The molecular formula is C8H8BF3O2S. The summed E-state index contributed by atoms with van der Waals surface area (Å²) in [6.45, 7) is 0. The van der Waals surface area contributed by atoms with Gasteiger partial charge in [-0.05, 0) is 23.9 Å². The molecule has 0 aliphatic rings. The lowest BCUT2D eigenvalue weighted by atomic mass is 9.80. The molecule has 2 N–H and O–H groups in total. The third kappa shape index (κ3) is 2.90. The predicted molar refractivity (Wildman–Crippen MR) is 53.1 cm³/mol. The number of benzene rings is 1. The maximum atomic E-state index is 12.4. The van der Waals surface area contributed by atoms with E-state index in [4.69, 9.17) is 10.0 Å². The molecular weight excluding hydrogens is 228 g/mol. The fourth-order valence-electron chi connectivity index (χ4n) is 1.10. The van der Waals surface area contributed by atoms with Gasteiger partial charge in [0.1, 0.15) is 0 Å². The van der Waals surface area contributed by atoms with Crippen LogP contribution in [0, 0.1) is 0 Å². The van der Waals surface area contributed by atoms with Gasteiger partial charge in [0.25, 0.3) is 0 Å². The van der Waals surface area contributed by atoms with E-state index in [9.17, 15) is 13.2 Å². The lowest BCUT2D eigenvalue weighted by molar-refractivity contribution is -0.139. The number of alkyl halides is 3. The fraction of sp³-hybridized carbons (Fsp3) is 0.250. The van der Waals surface area contributed by atoms with E-state index in [-0.39, 0.29) is 10.4 Å². The van der Waals surface area contributed by atoms with Gasteiger partial charge in [-0.15, -0.1) is 11.8 Å². The minimum Gasteiger partial charge on any atom is -0.423 e. The molecule has 0 spiro atoms. The third-order valence-electron chi connectivity index (χ3n) is 1.83. The lowest BCUT2D eigenvalue weighted by Crippen LogP contribution is -2.30. The highest BCUT2D eigenvalue weighted by Gasteiger charge is 2.33. The Morgan fingerprint density at radius 2 is 1.87 bits per heavy atom. The fourth-order valence-corrected chi connectivity index (χ4v) is 1.76. The second-order valence-electron chi connectivity index (χ2n) is 2.83. The summed E-state index contributed by atoms with van der Waals surface area (Å²) in [6, 6.07) is 3.02. The Morgan fingerprint density at radius 3 is 2.27 bits per heavy atom. The molecule has 0 fully saturated rings. The molecule has 0 amide bonds. The molecule has 0 unspecified atom stereocenters. The highest BCUT2D eigenvalue weighted by Crippen LogP contribution is 2.35. The van der Waals surface area contributed by atoms with E-state index >= 15 is 0 Å². The number of hydrogen-bond donors (Lipinski definition) is 2. The average molecular weight is 236 g/mol. The van der Waals surface area contributed by atoms with E-state index in [1.807, 2.05) is 0 Å². The first-order valence-electron chi connectivity index (χ1n) is 3.97. The van der Waals surface area contributed by atoms with E-state index in [2.05, 4.69) is 0 Å². The highest BCUT2D eigenvalue weighted by molar-refractivity contribution is 7.98. The Kier molecular flexibility index (Phi) is 3.69. The zero-order valence-electron chi connectivity index (χ0n) is 7.75. The first-order chi connectivity index (χ1) is 6.86. The Balaban J connectivity index is 3.21. The maximum absolute atomic E-state index is 12.4. The second kappa shape index (κ2) is 4.46. The van der Waals surface area contributed by atoms with Crippen LogP contribution >= 0.6 is 11.8 Å². The number of hydrogen-bond acceptors (Lipinski definition) is 3. The molecule has 15 heavy (non-hydrogen) atoms. The average Bonchev–Trinajstić information content (AvgIpc) is 2.15. The number of rotatable bonds is 2. The van der Waals surface area contributed by atoms with Crippen molar-refractivity contribution in [2.45, 2.75) is 11.1 Å². The third-order valence-corrected chi connectivity index (χ3v) is 2.61. The molecule has 7 heteroatoms. The van der Waals surface area contributed by atoms with Crippen molar-refractivity contribution >= 4 is 24.3 Å². The van der Waals surface area contributed by atoms with Crippen LogP contribution in [0.5, 0.6) is 0 Å². The van der Waals surface area contributed by atoms with E-state index < -0.39 is 18.9 Å². The molecule has 1 rings (SSSR count). The second-order valence-corrected chi connectivity index (χ2v) is 3.68. The Hall–Kier alpha value is -0.655. The van der Waals surface area contributed by atoms with Gasteiger partial charge in [0.05, 0.1) is 5.56 Å². The summed E-state index contributed by atoms with van der Waals surface area (Å²) in [5, 5.41) is 17.6. The quantitative estimate of drug-likeness (QED) is 0.596. The van der Waals surface area contributed by atoms with Gasteiger partial charge in [-0.25, -0.2) is 0 Å². The Morgan fingerprint density at radius 1 is 1.27 bits per heavy atom. The summed E-state index contributed by atoms with van der Waals surface area (Å²) in [4.78, 5) is -0.0203. The van der Waals surface area contributed by atoms with Crippen LogP contribution in [0.25, 0.3) is 0 Å². The van der Waals surface area contributed by atoms with Crippen molar-refractivity contribution in [3.05, 3.63) is 23.8 Å². The first kappa shape index (κ1) is 12.4. The van der Waals surface area contributed by atoms with Crippen molar-refractivity contribution in [1.29, 1.82) is 0 Å². The van der Waals surface area contributed by atoms with E-state index in [0.717, 1.165) is 30.0 Å². The molecule has 0 radical (unpaired) electrons. The van der Waals surface area contributed by atoms with Gasteiger partial charge in [-0.1, -0.05) is 6.07 Å². The van der Waals surface area contributed by atoms with Gasteiger partial charge in [0.2, 0.25) is 0 Å². The number of halogens is 3. The van der Waals surface area contributed by atoms with Crippen molar-refractivity contribution in [3.8, 4) is 0 Å². The van der Waals surface area contributed by atoms with Gasteiger partial charge in [-0.2, -0.15) is 13.2 Å². The minimum absolute atomic E-state index is 0.0203. The van der Waals surface area contributed by atoms with Crippen molar-refractivity contribution in [2.75, 3.05) is 6.26 Å². The summed E-state index contributed by atoms with van der Waals surface area (Å²) in [7, 11) is -1.75. The van der Waals surface area contributed by atoms with Crippen LogP contribution in [0.1, 0.15) is 5.56 Å². The van der Waals surface area contributed by atoms with Crippen LogP contribution in [0.4, 0.5) is 13.2 Å². The van der Waals surface area contributed by atoms with Crippen molar-refractivity contribution in [2.24, 2.45) is 0 Å². The number of thioether (sulfide) groups is 1. The Bertz CT molecular complexity index is 354. The minimum atomic E-state index is -4.42. The van der Waals surface area contributed by atoms with Crippen molar-refractivity contribution < 1.29 is 23.2 Å². The molecule has 1 aromatic carbocycles. The zero-order chi connectivity index (χ0) is 11.6. The summed E-state index contributed by atoms with van der Waals surface area (Å²) in [6.07, 6.45) is -2.92. The largest absolute Gasteiger partial charge is 0.488 e. The van der Waals surface area contributed by atoms with Crippen LogP contribution in [-0.2, 0) is 6.18 Å². The highest BCUT2D eigenvalue weighted by atomic mass is 32.2. The molecule has 0 aliphatic carbocycles. The summed E-state index contributed by atoms with van der Waals surface area (Å²) in [5.74, 6) is 0. The summed E-state index contributed by atoms with van der Waals surface area (Å²) in [5.41, 5.74) is -0.716. The molecule has 1 aromatic rings. The lowest BCUT2D eigenvalue weighted by Gasteiger charge is -2.12. The van der Waals surface area contributed by atoms with Crippen molar-refractivity contribution in [1.82, 2.24) is 0 Å². The molecule has 0 atom stereocenters. The van der Waals surface area contributed by atoms with E-state index in [1.165, 1.54) is 6.26 Å². The standard InChI is InChI=1S/C8H8BF3O2S/c1-15-7-4-5(9(13)14)2-3-6(7)8(10,11)12/h2-4,13-14H,1H3. The first-order valence-corrected chi connectivity index (χ1v) is 5.20. The van der Waals surface area contributed by atoms with Gasteiger partial charge in [0.15, 0.2) is 0 Å². The molecule has 2 nitrogen and oxygen atoms in total. The van der Waals surface area contributed by atoms with Crippen LogP contribution in [-0.4, -0.2) is 23.4 Å². The molecule has 0 saturated heterocycles. The van der Waals surface area contributed by atoms with Gasteiger partial charge in [0, 0.05) is 4.90 Å². The van der Waals surface area contributed by atoms with Crippen molar-refractivity contribution in [3.63, 3.8) is 0 Å². The molecule has 0 aliphatic heterocycles. The molecule has 0 aromatic heterocycles. The van der Waals surface area contributed by atoms with Crippen LogP contribution < -0.4 is 5.46 Å². The maximum Gasteiger partial charge on any atom is 0.488 e. The normalized spacial score (nSPS) is 11.6. The molecule has 0 heterocycles. The summed E-state index contributed by atoms with van der Waals surface area (Å²) >= 11 is 0.912. The SMILES string of the molecule is CSc1cc(B(O)O)ccc1C(F)(F)F. The summed E-state index contributed by atoms with van der Waals surface area (Å²) < 4.78 is 37.3. The Labute approximate surface area is 89.3 Å². The monoisotopic (exact) mass is 236 g/mol. The predicted octanol–water partition coefficient (Wildman–Crippen LogP) is 1.11. The van der Waals surface area contributed by atoms with Gasteiger partial charge in [-0.3, -0.25) is 0 Å². The van der Waals surface area contributed by atoms with Gasteiger partial charge >= 0.3 is 13.3 Å². The van der Waals surface area contributed by atoms with Gasteiger partial charge < -0.3 is 10.0 Å². The topological polar surface area (TPSA) is 40.5 Å². The van der Waals surface area contributed by atoms with Crippen LogP contribution in [0.3, 0.4) is 0 Å².